The van der Waals surface area contributed by atoms with E-state index in [1.165, 1.54) is 6.92 Å². The fourth-order valence-corrected chi connectivity index (χ4v) is 3.31. The van der Waals surface area contributed by atoms with Crippen LogP contribution in [-0.4, -0.2) is 59.0 Å². The highest BCUT2D eigenvalue weighted by Crippen LogP contribution is 2.15. The van der Waals surface area contributed by atoms with Crippen LogP contribution < -0.4 is 10.3 Å². The maximum Gasteiger partial charge on any atom is 0.375 e. The zero-order chi connectivity index (χ0) is 21.1. The van der Waals surface area contributed by atoms with Crippen LogP contribution in [0.3, 0.4) is 0 Å². The molecule has 0 radical (unpaired) electrons. The average Bonchev–Trinajstić information content (AvgIpc) is 2.79. The smallest absolute Gasteiger partial charge is 0.375 e. The molecule has 4 rings (SSSR count). The quantitative estimate of drug-likeness (QED) is 0.598. The Hall–Kier alpha value is -3.75. The van der Waals surface area contributed by atoms with Crippen molar-refractivity contribution in [3.8, 4) is 0 Å². The molecule has 1 saturated heterocycles. The number of esters is 1. The summed E-state index contributed by atoms with van der Waals surface area (Å²) in [5, 5.41) is 0.374. The average molecular weight is 408 g/mol. The molecular weight excluding hydrogens is 388 g/mol. The summed E-state index contributed by atoms with van der Waals surface area (Å²) >= 11 is 0. The maximum atomic E-state index is 12.7. The van der Waals surface area contributed by atoms with Gasteiger partial charge < -0.3 is 19.0 Å². The summed E-state index contributed by atoms with van der Waals surface area (Å²) in [4.78, 5) is 49.3. The molecule has 0 aliphatic carbocycles. The number of hydrogen-bond acceptors (Lipinski definition) is 8. The van der Waals surface area contributed by atoms with Gasteiger partial charge in [-0.05, 0) is 25.1 Å². The van der Waals surface area contributed by atoms with Gasteiger partial charge in [0.15, 0.2) is 11.5 Å². The monoisotopic (exact) mass is 408 g/mol. The number of ether oxygens (including phenoxy) is 1. The van der Waals surface area contributed by atoms with E-state index in [1.54, 1.807) is 47.6 Å². The van der Waals surface area contributed by atoms with Gasteiger partial charge in [0.25, 0.3) is 5.91 Å². The van der Waals surface area contributed by atoms with Crippen LogP contribution in [-0.2, 0) is 9.53 Å². The molecule has 30 heavy (non-hydrogen) atoms. The number of benzene rings is 1. The lowest BCUT2D eigenvalue weighted by molar-refractivity contribution is -0.140. The van der Waals surface area contributed by atoms with Crippen molar-refractivity contribution < 1.29 is 18.7 Å². The highest BCUT2D eigenvalue weighted by molar-refractivity contribution is 5.91. The van der Waals surface area contributed by atoms with Gasteiger partial charge in [0, 0.05) is 44.6 Å². The van der Waals surface area contributed by atoms with Crippen molar-refractivity contribution in [3.63, 3.8) is 0 Å². The van der Waals surface area contributed by atoms with Gasteiger partial charge in [-0.2, -0.15) is 0 Å². The molecule has 1 aliphatic heterocycles. The first-order valence-corrected chi connectivity index (χ1v) is 9.57. The minimum atomic E-state index is -1.01. The first-order chi connectivity index (χ1) is 14.5. The number of fused-ring (bicyclic) bond motifs is 1. The minimum Gasteiger partial charge on any atom is -0.449 e. The lowest BCUT2D eigenvalue weighted by atomic mass is 10.2. The molecule has 1 aliphatic rings. The van der Waals surface area contributed by atoms with E-state index >= 15 is 0 Å². The Bertz CT molecular complexity index is 1120. The van der Waals surface area contributed by atoms with Gasteiger partial charge in [-0.1, -0.05) is 12.1 Å². The molecule has 0 saturated carbocycles. The molecule has 1 fully saturated rings. The zero-order valence-electron chi connectivity index (χ0n) is 16.4. The summed E-state index contributed by atoms with van der Waals surface area (Å²) in [6.07, 6.45) is 2.34. The number of amides is 1. The van der Waals surface area contributed by atoms with Crippen LogP contribution >= 0.6 is 0 Å². The molecule has 1 amide bonds. The van der Waals surface area contributed by atoms with Gasteiger partial charge in [-0.3, -0.25) is 9.59 Å². The third-order valence-electron chi connectivity index (χ3n) is 4.89. The predicted molar refractivity (Wildman–Crippen MR) is 108 cm³/mol. The topological polar surface area (TPSA) is 106 Å². The van der Waals surface area contributed by atoms with Crippen LogP contribution in [0.1, 0.15) is 17.5 Å². The highest BCUT2D eigenvalue weighted by Gasteiger charge is 2.29. The Morgan fingerprint density at radius 1 is 1.07 bits per heavy atom. The molecule has 154 valence electrons. The summed E-state index contributed by atoms with van der Waals surface area (Å²) in [7, 11) is 0. The molecule has 0 spiro atoms. The summed E-state index contributed by atoms with van der Waals surface area (Å²) in [5.74, 6) is -0.769. The number of carbonyl (C=O) groups is 2. The second kappa shape index (κ2) is 8.32. The summed E-state index contributed by atoms with van der Waals surface area (Å²) in [6, 6.07) is 9.45. The maximum absolute atomic E-state index is 12.7. The van der Waals surface area contributed by atoms with E-state index in [4.69, 9.17) is 9.15 Å². The zero-order valence-corrected chi connectivity index (χ0v) is 16.4. The van der Waals surface area contributed by atoms with Crippen molar-refractivity contribution in [2.75, 3.05) is 31.1 Å². The number of piperazine rings is 1. The van der Waals surface area contributed by atoms with Crippen LogP contribution in [0.15, 0.2) is 58.0 Å². The molecule has 3 heterocycles. The molecular formula is C21H20N4O5. The standard InChI is InChI=1S/C21H20N4O5/c1-14(19(27)24-9-11-25(12-10-24)21-22-7-4-8-23-21)29-20(28)18-13-16(26)15-5-2-3-6-17(15)30-18/h2-8,13-14H,9-12H2,1H3. The number of aromatic nitrogens is 2. The van der Waals surface area contributed by atoms with Gasteiger partial charge in [0.2, 0.25) is 11.7 Å². The number of rotatable bonds is 4. The van der Waals surface area contributed by atoms with Gasteiger partial charge in [-0.15, -0.1) is 0 Å². The van der Waals surface area contributed by atoms with Gasteiger partial charge in [-0.25, -0.2) is 14.8 Å². The van der Waals surface area contributed by atoms with E-state index in [2.05, 4.69) is 9.97 Å². The minimum absolute atomic E-state index is 0.232. The summed E-state index contributed by atoms with van der Waals surface area (Å²) < 4.78 is 10.7. The second-order valence-electron chi connectivity index (χ2n) is 6.88. The van der Waals surface area contributed by atoms with E-state index in [0.717, 1.165) is 6.07 Å². The molecule has 1 unspecified atom stereocenters. The summed E-state index contributed by atoms with van der Waals surface area (Å²) in [5.41, 5.74) is -0.0581. The third kappa shape index (κ3) is 4.00. The number of anilines is 1. The molecule has 0 bridgehead atoms. The third-order valence-corrected chi connectivity index (χ3v) is 4.89. The lowest BCUT2D eigenvalue weighted by Crippen LogP contribution is -2.52. The second-order valence-corrected chi connectivity index (χ2v) is 6.88. The van der Waals surface area contributed by atoms with E-state index in [1.807, 2.05) is 4.90 Å². The Morgan fingerprint density at radius 3 is 2.50 bits per heavy atom. The van der Waals surface area contributed by atoms with Crippen LogP contribution in [0.4, 0.5) is 5.95 Å². The highest BCUT2D eigenvalue weighted by atomic mass is 16.6. The van der Waals surface area contributed by atoms with E-state index < -0.39 is 12.1 Å². The molecule has 3 aromatic rings. The van der Waals surface area contributed by atoms with Gasteiger partial charge >= 0.3 is 5.97 Å². The van der Waals surface area contributed by atoms with E-state index in [0.29, 0.717) is 37.5 Å². The molecule has 1 atom stereocenters. The lowest BCUT2D eigenvalue weighted by Gasteiger charge is -2.35. The van der Waals surface area contributed by atoms with Crippen LogP contribution in [0.25, 0.3) is 11.0 Å². The normalized spacial score (nSPS) is 15.1. The van der Waals surface area contributed by atoms with Crippen molar-refractivity contribution in [3.05, 3.63) is 64.8 Å². The van der Waals surface area contributed by atoms with Gasteiger partial charge in [0.05, 0.1) is 5.39 Å². The Kier molecular flexibility index (Phi) is 5.42. The van der Waals surface area contributed by atoms with Crippen molar-refractivity contribution >= 4 is 28.8 Å². The Morgan fingerprint density at radius 2 is 1.77 bits per heavy atom. The van der Waals surface area contributed by atoms with Crippen molar-refractivity contribution in [2.45, 2.75) is 13.0 Å². The van der Waals surface area contributed by atoms with Crippen LogP contribution in [0.2, 0.25) is 0 Å². The number of hydrogen-bond donors (Lipinski definition) is 0. The van der Waals surface area contributed by atoms with Gasteiger partial charge in [0.1, 0.15) is 5.58 Å². The largest absolute Gasteiger partial charge is 0.449 e. The fraction of sp³-hybridized carbons (Fsp3) is 0.286. The first-order valence-electron chi connectivity index (χ1n) is 9.57. The number of nitrogens with zero attached hydrogens (tertiary/aromatic N) is 4. The molecule has 9 nitrogen and oxygen atoms in total. The number of carbonyl (C=O) groups excluding carboxylic acids is 2. The van der Waals surface area contributed by atoms with Crippen LogP contribution in [0.5, 0.6) is 0 Å². The van der Waals surface area contributed by atoms with Crippen LogP contribution in [0, 0.1) is 0 Å². The predicted octanol–water partition coefficient (Wildman–Crippen LogP) is 1.48. The van der Waals surface area contributed by atoms with Crippen molar-refractivity contribution in [1.82, 2.24) is 14.9 Å². The number of para-hydroxylation sites is 1. The van der Waals surface area contributed by atoms with E-state index in [9.17, 15) is 14.4 Å². The summed E-state index contributed by atoms with van der Waals surface area (Å²) in [6.45, 7) is 3.59. The molecule has 1 aromatic carbocycles. The molecule has 0 N–H and O–H groups in total. The van der Waals surface area contributed by atoms with Crippen molar-refractivity contribution in [2.24, 2.45) is 0 Å². The molecule has 9 heteroatoms. The SMILES string of the molecule is CC(OC(=O)c1cc(=O)c2ccccc2o1)C(=O)N1CCN(c2ncccn2)CC1. The Balaban J connectivity index is 1.38. The first kappa shape index (κ1) is 19.6. The molecule has 2 aromatic heterocycles. The van der Waals surface area contributed by atoms with E-state index in [-0.39, 0.29) is 22.7 Å². The fourth-order valence-electron chi connectivity index (χ4n) is 3.31. The Labute approximate surface area is 171 Å². The van der Waals surface area contributed by atoms with Crippen molar-refractivity contribution in [1.29, 1.82) is 0 Å².